The summed E-state index contributed by atoms with van der Waals surface area (Å²) in [5, 5.41) is 12.4. The number of rotatable bonds is 16. The largest absolute Gasteiger partial charge is 0.463 e. The van der Waals surface area contributed by atoms with Crippen LogP contribution in [0.4, 0.5) is 0 Å². The number of amides is 3. The van der Waals surface area contributed by atoms with E-state index in [1.54, 1.807) is 22.0 Å². The van der Waals surface area contributed by atoms with Gasteiger partial charge in [-0.15, -0.1) is 13.2 Å². The van der Waals surface area contributed by atoms with Crippen molar-refractivity contribution in [2.45, 2.75) is 82.2 Å². The molecule has 0 saturated carbocycles. The molecule has 0 radical (unpaired) electrons. The van der Waals surface area contributed by atoms with Crippen LogP contribution in [0.15, 0.2) is 55.6 Å². The molecule has 234 valence electrons. The third kappa shape index (κ3) is 6.55. The summed E-state index contributed by atoms with van der Waals surface area (Å²) >= 11 is 0. The average Bonchev–Trinajstić information content (AvgIpc) is 3.64. The third-order valence-electron chi connectivity index (χ3n) is 8.86. The first-order chi connectivity index (χ1) is 20.7. The van der Waals surface area contributed by atoms with Crippen molar-refractivity contribution in [2.75, 3.05) is 26.3 Å². The Morgan fingerprint density at radius 2 is 1.95 bits per heavy atom. The number of carbonyl (C=O) groups excluding carboxylic acids is 4. The monoisotopic (exact) mass is 595 g/mol. The van der Waals surface area contributed by atoms with Crippen molar-refractivity contribution in [1.29, 1.82) is 0 Å². The molecule has 3 aliphatic heterocycles. The Balaban J connectivity index is 1.62. The Kier molecular flexibility index (Phi) is 10.8. The SMILES string of the molecule is C=CCCC(=O)OC[C@H](NC(=O)[C@@H]1[C@H]2C(=O)N(CCCCO)[C@H](C(=O)N(CC=C)C(C)C)[C@]23CC[C@H]1O3)c1ccccc1. The summed E-state index contributed by atoms with van der Waals surface area (Å²) in [7, 11) is 0. The molecule has 4 rings (SSSR count). The van der Waals surface area contributed by atoms with Gasteiger partial charge in [-0.3, -0.25) is 19.2 Å². The van der Waals surface area contributed by atoms with Gasteiger partial charge in [0.05, 0.1) is 24.0 Å². The zero-order chi connectivity index (χ0) is 31.1. The van der Waals surface area contributed by atoms with E-state index in [0.29, 0.717) is 38.6 Å². The van der Waals surface area contributed by atoms with Crippen LogP contribution < -0.4 is 5.32 Å². The van der Waals surface area contributed by atoms with Crippen LogP contribution in [0.5, 0.6) is 0 Å². The zero-order valence-electron chi connectivity index (χ0n) is 25.3. The van der Waals surface area contributed by atoms with Crippen LogP contribution >= 0.6 is 0 Å². The Bertz CT molecular complexity index is 1190. The molecule has 2 bridgehead atoms. The van der Waals surface area contributed by atoms with Gasteiger partial charge in [0.2, 0.25) is 17.7 Å². The summed E-state index contributed by atoms with van der Waals surface area (Å²) < 4.78 is 12.1. The molecule has 2 N–H and O–H groups in total. The van der Waals surface area contributed by atoms with Crippen LogP contribution in [0.25, 0.3) is 0 Å². The van der Waals surface area contributed by atoms with Crippen LogP contribution in [-0.4, -0.2) is 88.7 Å². The Hall–Kier alpha value is -3.50. The van der Waals surface area contributed by atoms with Gasteiger partial charge in [0.15, 0.2) is 0 Å². The second kappa shape index (κ2) is 14.3. The quantitative estimate of drug-likeness (QED) is 0.171. The highest BCUT2D eigenvalue weighted by atomic mass is 16.5. The number of allylic oxidation sites excluding steroid dienone is 1. The summed E-state index contributed by atoms with van der Waals surface area (Å²) in [6, 6.07) is 7.61. The molecule has 10 nitrogen and oxygen atoms in total. The number of hydrogen-bond acceptors (Lipinski definition) is 7. The number of nitrogens with zero attached hydrogens (tertiary/aromatic N) is 2. The van der Waals surface area contributed by atoms with Crippen molar-refractivity contribution < 1.29 is 33.8 Å². The number of hydrogen-bond donors (Lipinski definition) is 2. The van der Waals surface area contributed by atoms with E-state index in [-0.39, 0.29) is 49.9 Å². The highest BCUT2D eigenvalue weighted by Crippen LogP contribution is 2.58. The van der Waals surface area contributed by atoms with E-state index >= 15 is 0 Å². The van der Waals surface area contributed by atoms with Crippen molar-refractivity contribution >= 4 is 23.7 Å². The van der Waals surface area contributed by atoms with Crippen molar-refractivity contribution in [1.82, 2.24) is 15.1 Å². The molecule has 0 aromatic heterocycles. The van der Waals surface area contributed by atoms with Crippen molar-refractivity contribution in [2.24, 2.45) is 11.8 Å². The van der Waals surface area contributed by atoms with Crippen LogP contribution in [0.1, 0.15) is 64.0 Å². The first kappa shape index (κ1) is 32.4. The minimum absolute atomic E-state index is 0.0214. The highest BCUT2D eigenvalue weighted by Gasteiger charge is 2.74. The lowest BCUT2D eigenvalue weighted by Crippen LogP contribution is -2.57. The fourth-order valence-electron chi connectivity index (χ4n) is 6.86. The van der Waals surface area contributed by atoms with Gasteiger partial charge in [-0.05, 0) is 51.5 Å². The van der Waals surface area contributed by atoms with Crippen molar-refractivity contribution in [3.05, 3.63) is 61.2 Å². The molecule has 0 aliphatic carbocycles. The maximum atomic E-state index is 14.2. The lowest BCUT2D eigenvalue weighted by molar-refractivity contribution is -0.149. The molecule has 3 fully saturated rings. The zero-order valence-corrected chi connectivity index (χ0v) is 25.3. The van der Waals surface area contributed by atoms with E-state index in [9.17, 15) is 24.3 Å². The number of carbonyl (C=O) groups is 4. The summed E-state index contributed by atoms with van der Waals surface area (Å²) in [5.74, 6) is -2.86. The first-order valence-corrected chi connectivity index (χ1v) is 15.3. The second-order valence-electron chi connectivity index (χ2n) is 11.9. The van der Waals surface area contributed by atoms with Gasteiger partial charge in [0.1, 0.15) is 18.2 Å². The Morgan fingerprint density at radius 1 is 1.21 bits per heavy atom. The molecule has 10 heteroatoms. The molecule has 3 heterocycles. The van der Waals surface area contributed by atoms with Crippen molar-refractivity contribution in [3.8, 4) is 0 Å². The number of unbranched alkanes of at least 4 members (excludes halogenated alkanes) is 1. The number of esters is 1. The van der Waals surface area contributed by atoms with Gasteiger partial charge < -0.3 is 29.7 Å². The normalized spacial score (nSPS) is 26.2. The van der Waals surface area contributed by atoms with E-state index in [1.165, 1.54) is 0 Å². The number of likely N-dealkylation sites (tertiary alicyclic amines) is 1. The van der Waals surface area contributed by atoms with Gasteiger partial charge in [-0.2, -0.15) is 0 Å². The summed E-state index contributed by atoms with van der Waals surface area (Å²) in [6.07, 6.45) is 5.52. The fraction of sp³-hybridized carbons (Fsp3) is 0.576. The van der Waals surface area contributed by atoms with Gasteiger partial charge in [0, 0.05) is 32.2 Å². The Morgan fingerprint density at radius 3 is 2.60 bits per heavy atom. The minimum atomic E-state index is -1.12. The lowest BCUT2D eigenvalue weighted by Gasteiger charge is -2.38. The molecule has 1 spiro atoms. The first-order valence-electron chi connectivity index (χ1n) is 15.3. The summed E-state index contributed by atoms with van der Waals surface area (Å²) in [5.41, 5.74) is -0.354. The van der Waals surface area contributed by atoms with E-state index in [0.717, 1.165) is 5.56 Å². The summed E-state index contributed by atoms with van der Waals surface area (Å²) in [4.78, 5) is 57.9. The number of aliphatic hydroxyl groups excluding tert-OH is 1. The average molecular weight is 596 g/mol. The highest BCUT2D eigenvalue weighted by molar-refractivity contribution is 5.99. The van der Waals surface area contributed by atoms with E-state index in [2.05, 4.69) is 18.5 Å². The van der Waals surface area contributed by atoms with Gasteiger partial charge in [-0.25, -0.2) is 0 Å². The van der Waals surface area contributed by atoms with E-state index in [4.69, 9.17) is 9.47 Å². The third-order valence-corrected chi connectivity index (χ3v) is 8.86. The van der Waals surface area contributed by atoms with Crippen LogP contribution in [0.3, 0.4) is 0 Å². The molecule has 1 aromatic carbocycles. The lowest BCUT2D eigenvalue weighted by atomic mass is 9.70. The molecule has 3 amide bonds. The standard InChI is InChI=1S/C33H45N3O7/c1-5-7-15-26(38)42-21-24(23-13-9-8-10-14-23)34-30(39)27-25-16-17-33(43-25)28(27)31(40)36(19-11-12-20-37)29(33)32(41)35(18-6-2)22(3)4/h5-6,8-10,13-14,22,24-25,27-29,37H,1-2,7,11-12,15-21H2,3-4H3,(H,34,39)/t24-,25+,27-,28-,29+,33-/m0/s1. The Labute approximate surface area is 254 Å². The van der Waals surface area contributed by atoms with Crippen LogP contribution in [0.2, 0.25) is 0 Å². The smallest absolute Gasteiger partial charge is 0.306 e. The number of nitrogens with one attached hydrogen (secondary N) is 1. The minimum Gasteiger partial charge on any atom is -0.463 e. The number of ether oxygens (including phenoxy) is 2. The number of aliphatic hydroxyl groups is 1. The fourth-order valence-corrected chi connectivity index (χ4v) is 6.86. The molecule has 1 aromatic rings. The molecular weight excluding hydrogens is 550 g/mol. The molecule has 3 saturated heterocycles. The number of benzene rings is 1. The predicted octanol–water partition coefficient (Wildman–Crippen LogP) is 2.92. The second-order valence-corrected chi connectivity index (χ2v) is 11.9. The van der Waals surface area contributed by atoms with E-state index < -0.39 is 41.6 Å². The topological polar surface area (TPSA) is 125 Å². The van der Waals surface area contributed by atoms with Gasteiger partial charge in [-0.1, -0.05) is 42.5 Å². The maximum absolute atomic E-state index is 14.2. The molecule has 43 heavy (non-hydrogen) atoms. The van der Waals surface area contributed by atoms with Crippen LogP contribution in [0, 0.1) is 11.8 Å². The molecule has 3 aliphatic rings. The van der Waals surface area contributed by atoms with Gasteiger partial charge >= 0.3 is 5.97 Å². The number of fused-ring (bicyclic) bond motifs is 1. The predicted molar refractivity (Wildman–Crippen MR) is 160 cm³/mol. The summed E-state index contributed by atoms with van der Waals surface area (Å²) in [6.45, 7) is 11.8. The van der Waals surface area contributed by atoms with Crippen LogP contribution in [-0.2, 0) is 28.7 Å². The van der Waals surface area contributed by atoms with Crippen molar-refractivity contribution in [3.63, 3.8) is 0 Å². The maximum Gasteiger partial charge on any atom is 0.306 e. The van der Waals surface area contributed by atoms with Gasteiger partial charge in [0.25, 0.3) is 0 Å². The molecular formula is C33H45N3O7. The molecule has 6 atom stereocenters. The molecule has 0 unspecified atom stereocenters. The van der Waals surface area contributed by atoms with E-state index in [1.807, 2.05) is 44.2 Å².